The van der Waals surface area contributed by atoms with Crippen LogP contribution in [0.15, 0.2) is 18.2 Å². The number of carbonyl (C=O) groups excluding carboxylic acids is 2. The van der Waals surface area contributed by atoms with Crippen LogP contribution in [0, 0.1) is 18.8 Å². The van der Waals surface area contributed by atoms with Gasteiger partial charge < -0.3 is 34.1 Å². The minimum atomic E-state index is -0.314. The monoisotopic (exact) mass is 505 g/mol. The van der Waals surface area contributed by atoms with Crippen molar-refractivity contribution in [2.75, 3.05) is 66.8 Å². The van der Waals surface area contributed by atoms with Gasteiger partial charge in [-0.3, -0.25) is 4.79 Å². The molecule has 2 saturated heterocycles. The number of nitrogens with zero attached hydrogens (tertiary/aromatic N) is 2. The maximum Gasteiger partial charge on any atom is 0.409 e. The van der Waals surface area contributed by atoms with Crippen LogP contribution < -0.4 is 10.1 Å². The molecule has 2 heterocycles. The first kappa shape index (κ1) is 28.2. The van der Waals surface area contributed by atoms with Crippen molar-refractivity contribution in [3.8, 4) is 5.75 Å². The smallest absolute Gasteiger partial charge is 0.409 e. The highest BCUT2D eigenvalue weighted by molar-refractivity contribution is 5.95. The van der Waals surface area contributed by atoms with E-state index in [1.807, 2.05) is 43.9 Å². The highest BCUT2D eigenvalue weighted by Gasteiger charge is 2.33. The number of rotatable bonds is 12. The Morgan fingerprint density at radius 3 is 2.58 bits per heavy atom. The summed E-state index contributed by atoms with van der Waals surface area (Å²) in [5.41, 5.74) is 1.62. The minimum Gasteiger partial charge on any atom is -0.493 e. The summed E-state index contributed by atoms with van der Waals surface area (Å²) < 4.78 is 21.9. The Balaban J connectivity index is 1.61. The van der Waals surface area contributed by atoms with Gasteiger partial charge in [0.25, 0.3) is 5.91 Å². The summed E-state index contributed by atoms with van der Waals surface area (Å²) in [5.74, 6) is 1.19. The fourth-order valence-electron chi connectivity index (χ4n) is 4.70. The van der Waals surface area contributed by atoms with Crippen LogP contribution in [0.1, 0.15) is 42.6 Å². The van der Waals surface area contributed by atoms with Gasteiger partial charge in [0, 0.05) is 71.4 Å². The third-order valence-corrected chi connectivity index (χ3v) is 6.96. The predicted octanol–water partition coefficient (Wildman–Crippen LogP) is 2.95. The first-order chi connectivity index (χ1) is 17.3. The average molecular weight is 506 g/mol. The molecule has 0 aliphatic carbocycles. The van der Waals surface area contributed by atoms with Crippen LogP contribution in [-0.2, 0) is 14.2 Å². The van der Waals surface area contributed by atoms with Crippen molar-refractivity contribution in [3.63, 3.8) is 0 Å². The first-order valence-corrected chi connectivity index (χ1v) is 13.0. The molecule has 0 aromatic heterocycles. The van der Waals surface area contributed by atoms with E-state index < -0.39 is 0 Å². The van der Waals surface area contributed by atoms with Crippen LogP contribution in [-0.4, -0.2) is 101 Å². The molecule has 2 amide bonds. The zero-order chi connectivity index (χ0) is 26.1. The molecule has 1 aromatic carbocycles. The summed E-state index contributed by atoms with van der Waals surface area (Å²) in [6, 6.07) is 5.69. The molecule has 9 heteroatoms. The predicted molar refractivity (Wildman–Crippen MR) is 138 cm³/mol. The van der Waals surface area contributed by atoms with Crippen molar-refractivity contribution in [2.45, 2.75) is 45.8 Å². The van der Waals surface area contributed by atoms with E-state index in [2.05, 4.69) is 5.32 Å². The zero-order valence-electron chi connectivity index (χ0n) is 22.5. The maximum atomic E-state index is 13.6. The van der Waals surface area contributed by atoms with Crippen LogP contribution in [0.2, 0.25) is 0 Å². The van der Waals surface area contributed by atoms with E-state index in [0.29, 0.717) is 45.1 Å². The Bertz CT molecular complexity index is 858. The van der Waals surface area contributed by atoms with Gasteiger partial charge in [0.15, 0.2) is 0 Å². The summed E-state index contributed by atoms with van der Waals surface area (Å²) in [7, 11) is 3.45. The fraction of sp³-hybridized carbons (Fsp3) is 0.704. The van der Waals surface area contributed by atoms with E-state index >= 15 is 0 Å². The van der Waals surface area contributed by atoms with Crippen molar-refractivity contribution in [1.82, 2.24) is 15.1 Å². The van der Waals surface area contributed by atoms with Gasteiger partial charge in [-0.05, 0) is 50.3 Å². The van der Waals surface area contributed by atoms with E-state index in [9.17, 15) is 9.59 Å². The number of nitrogens with one attached hydrogen (secondary N) is 1. The van der Waals surface area contributed by atoms with Gasteiger partial charge in [-0.2, -0.15) is 0 Å². The number of aryl methyl sites for hydroxylation is 1. The van der Waals surface area contributed by atoms with Gasteiger partial charge in [0.1, 0.15) is 11.9 Å². The molecule has 2 aliphatic rings. The van der Waals surface area contributed by atoms with Crippen molar-refractivity contribution < 1.29 is 28.5 Å². The average Bonchev–Trinajstić information content (AvgIpc) is 3.52. The molecule has 202 valence electrons. The first-order valence-electron chi connectivity index (χ1n) is 13.0. The molecule has 1 unspecified atom stereocenters. The molecule has 3 atom stereocenters. The molecule has 0 spiro atoms. The molecule has 36 heavy (non-hydrogen) atoms. The molecular formula is C27H43N3O6. The Labute approximate surface area is 215 Å². The fourth-order valence-corrected chi connectivity index (χ4v) is 4.70. The molecule has 0 radical (unpaired) electrons. The molecule has 0 bridgehead atoms. The van der Waals surface area contributed by atoms with Gasteiger partial charge in [-0.15, -0.1) is 0 Å². The summed E-state index contributed by atoms with van der Waals surface area (Å²) >= 11 is 0. The van der Waals surface area contributed by atoms with Crippen molar-refractivity contribution >= 4 is 12.0 Å². The van der Waals surface area contributed by atoms with Crippen molar-refractivity contribution in [3.05, 3.63) is 29.3 Å². The largest absolute Gasteiger partial charge is 0.493 e. The number of methoxy groups -OCH3 is 1. The van der Waals surface area contributed by atoms with E-state index in [4.69, 9.17) is 18.9 Å². The van der Waals surface area contributed by atoms with E-state index in [1.54, 1.807) is 19.1 Å². The molecule has 9 nitrogen and oxygen atoms in total. The van der Waals surface area contributed by atoms with E-state index in [0.717, 1.165) is 37.2 Å². The maximum absolute atomic E-state index is 13.6. The second-order valence-corrected chi connectivity index (χ2v) is 10.2. The number of carbonyl (C=O) groups is 2. The molecular weight excluding hydrogens is 462 g/mol. The normalized spacial score (nSPS) is 21.6. The van der Waals surface area contributed by atoms with Crippen molar-refractivity contribution in [1.29, 1.82) is 0 Å². The van der Waals surface area contributed by atoms with Crippen LogP contribution >= 0.6 is 0 Å². The zero-order valence-corrected chi connectivity index (χ0v) is 22.5. The van der Waals surface area contributed by atoms with Gasteiger partial charge in [-0.1, -0.05) is 6.07 Å². The molecule has 3 rings (SSSR count). The van der Waals surface area contributed by atoms with Crippen LogP contribution in [0.25, 0.3) is 0 Å². The Kier molecular flexibility index (Phi) is 10.8. The molecule has 2 aliphatic heterocycles. The Morgan fingerprint density at radius 1 is 1.17 bits per heavy atom. The SMILES string of the molecule is COCCCOc1cc(C(=O)N(C[C@@H]2CNCC2CN(C)C(=O)O[C@H]2CCOC2)C(C)C)ccc1C. The van der Waals surface area contributed by atoms with E-state index in [1.165, 1.54) is 0 Å². The standard InChI is InChI=1S/C27H43N3O6/c1-19(2)30(26(31)21-8-7-20(3)25(13-21)35-11-6-10-33-5)17-23-15-28-14-22(23)16-29(4)27(32)36-24-9-12-34-18-24/h7-8,13,19,22-24,28H,6,9-12,14-18H2,1-5H3/t22?,23-,24-/m0/s1. The third-order valence-electron chi connectivity index (χ3n) is 6.96. The summed E-state index contributed by atoms with van der Waals surface area (Å²) in [4.78, 5) is 29.7. The molecule has 0 saturated carbocycles. The Hall–Kier alpha value is -2.36. The summed E-state index contributed by atoms with van der Waals surface area (Å²) in [6.45, 7) is 11.2. The molecule has 1 aromatic rings. The number of hydrogen-bond donors (Lipinski definition) is 1. The number of ether oxygens (including phenoxy) is 4. The van der Waals surface area contributed by atoms with Gasteiger partial charge >= 0.3 is 6.09 Å². The van der Waals surface area contributed by atoms with Gasteiger partial charge in [0.2, 0.25) is 0 Å². The minimum absolute atomic E-state index is 0.00797. The quantitative estimate of drug-likeness (QED) is 0.437. The van der Waals surface area contributed by atoms with Gasteiger partial charge in [0.05, 0.1) is 19.8 Å². The number of hydrogen-bond acceptors (Lipinski definition) is 7. The summed E-state index contributed by atoms with van der Waals surface area (Å²) in [6.07, 6.45) is 1.07. The second kappa shape index (κ2) is 13.8. The second-order valence-electron chi connectivity index (χ2n) is 10.2. The molecule has 1 N–H and O–H groups in total. The molecule has 2 fully saturated rings. The van der Waals surface area contributed by atoms with Crippen LogP contribution in [0.4, 0.5) is 4.79 Å². The highest BCUT2D eigenvalue weighted by atomic mass is 16.6. The van der Waals surface area contributed by atoms with Crippen LogP contribution in [0.3, 0.4) is 0 Å². The lowest BCUT2D eigenvalue weighted by molar-refractivity contribution is 0.0529. The lowest BCUT2D eigenvalue weighted by Gasteiger charge is -2.33. The summed E-state index contributed by atoms with van der Waals surface area (Å²) in [5, 5.41) is 3.45. The van der Waals surface area contributed by atoms with Crippen LogP contribution in [0.5, 0.6) is 5.75 Å². The van der Waals surface area contributed by atoms with Crippen molar-refractivity contribution in [2.24, 2.45) is 11.8 Å². The Morgan fingerprint density at radius 2 is 1.92 bits per heavy atom. The topological polar surface area (TPSA) is 89.6 Å². The number of amides is 2. The van der Waals surface area contributed by atoms with Gasteiger partial charge in [-0.25, -0.2) is 4.79 Å². The number of benzene rings is 1. The lowest BCUT2D eigenvalue weighted by atomic mass is 9.94. The third kappa shape index (κ3) is 7.82. The highest BCUT2D eigenvalue weighted by Crippen LogP contribution is 2.25. The van der Waals surface area contributed by atoms with E-state index in [-0.39, 0.29) is 36.0 Å². The lowest BCUT2D eigenvalue weighted by Crippen LogP contribution is -2.44.